The van der Waals surface area contributed by atoms with E-state index in [0.29, 0.717) is 19.3 Å². The van der Waals surface area contributed by atoms with Gasteiger partial charge in [0, 0.05) is 19.3 Å². The van der Waals surface area contributed by atoms with E-state index in [0.717, 1.165) is 103 Å². The van der Waals surface area contributed by atoms with E-state index in [-0.39, 0.29) is 37.5 Å². The minimum Gasteiger partial charge on any atom is -0.462 e. The molecule has 6 nitrogen and oxygen atoms in total. The SMILES string of the molecule is CC/C=C\C/C=C\C/C=C\C/C=C\C/C=C\CCCC(=O)O[C@H](COC(=O)CCCCCCC/C=C\C/C=C\CCCCC)COC(=O)CCCCCCCCC/C=C\CCCCCC. The molecule has 0 aliphatic rings. The van der Waals surface area contributed by atoms with Gasteiger partial charge in [-0.25, -0.2) is 0 Å². The van der Waals surface area contributed by atoms with E-state index >= 15 is 0 Å². The number of ether oxygens (including phenoxy) is 3. The number of unbranched alkanes of at least 4 members (excludes halogenated alkanes) is 20. The molecule has 0 heterocycles. The summed E-state index contributed by atoms with van der Waals surface area (Å²) in [7, 11) is 0. The van der Waals surface area contributed by atoms with E-state index in [9.17, 15) is 14.4 Å². The van der Waals surface area contributed by atoms with E-state index in [4.69, 9.17) is 14.2 Å². The van der Waals surface area contributed by atoms with Crippen molar-refractivity contribution in [2.75, 3.05) is 13.2 Å². The Labute approximate surface area is 400 Å². The highest BCUT2D eigenvalue weighted by atomic mass is 16.6. The summed E-state index contributed by atoms with van der Waals surface area (Å²) < 4.78 is 16.8. The van der Waals surface area contributed by atoms with Gasteiger partial charge in [-0.2, -0.15) is 0 Å². The summed E-state index contributed by atoms with van der Waals surface area (Å²) in [5, 5.41) is 0. The molecule has 0 bridgehead atoms. The first-order valence-corrected chi connectivity index (χ1v) is 26.7. The number of carbonyl (C=O) groups is 3. The van der Waals surface area contributed by atoms with Gasteiger partial charge >= 0.3 is 17.9 Å². The zero-order valence-electron chi connectivity index (χ0n) is 42.2. The Bertz CT molecular complexity index is 1310. The van der Waals surface area contributed by atoms with Crippen molar-refractivity contribution in [2.45, 2.75) is 245 Å². The standard InChI is InChI=1S/C59H98O6/c1-4-7-10-13-16-19-22-25-28-29-32-35-38-41-44-47-50-53-59(62)65-56(54-63-57(60)51-48-45-42-39-36-33-30-26-23-20-17-14-11-8-5-2)55-64-58(61)52-49-46-43-40-37-34-31-27-24-21-18-15-12-9-6-3/h7,10,16-17,19-21,24-26,28,30,32,35,41,44,56H,4-6,8-9,11-15,18,22-23,27,29,31,33-34,36-40,42-43,45-55H2,1-3H3/b10-7-,19-16-,20-17-,24-21-,28-25-,30-26-,35-32-,44-41-/t56-/m1/s1. The first kappa shape index (κ1) is 61.3. The van der Waals surface area contributed by atoms with Crippen LogP contribution in [0.15, 0.2) is 97.2 Å². The molecule has 0 unspecified atom stereocenters. The number of hydrogen-bond acceptors (Lipinski definition) is 6. The van der Waals surface area contributed by atoms with Gasteiger partial charge in [-0.3, -0.25) is 14.4 Å². The summed E-state index contributed by atoms with van der Waals surface area (Å²) >= 11 is 0. The molecular formula is C59H98O6. The largest absolute Gasteiger partial charge is 0.462 e. The van der Waals surface area contributed by atoms with Crippen LogP contribution in [0.25, 0.3) is 0 Å². The highest BCUT2D eigenvalue weighted by molar-refractivity contribution is 5.71. The lowest BCUT2D eigenvalue weighted by Gasteiger charge is -2.18. The smallest absolute Gasteiger partial charge is 0.306 e. The summed E-state index contributed by atoms with van der Waals surface area (Å²) in [4.78, 5) is 38.0. The number of esters is 3. The van der Waals surface area contributed by atoms with E-state index in [2.05, 4.69) is 118 Å². The average molecular weight is 903 g/mol. The summed E-state index contributed by atoms with van der Waals surface area (Å²) in [6.07, 6.45) is 69.6. The van der Waals surface area contributed by atoms with Crippen LogP contribution < -0.4 is 0 Å². The third-order valence-corrected chi connectivity index (χ3v) is 11.0. The van der Waals surface area contributed by atoms with Crippen LogP contribution in [-0.4, -0.2) is 37.2 Å². The number of rotatable bonds is 47. The minimum absolute atomic E-state index is 0.108. The van der Waals surface area contributed by atoms with Crippen LogP contribution in [0.1, 0.15) is 239 Å². The third-order valence-electron chi connectivity index (χ3n) is 11.0. The van der Waals surface area contributed by atoms with Crippen LogP contribution in [0.5, 0.6) is 0 Å². The summed E-state index contributed by atoms with van der Waals surface area (Å²) in [5.41, 5.74) is 0. The first-order chi connectivity index (χ1) is 32.0. The maximum absolute atomic E-state index is 12.8. The van der Waals surface area contributed by atoms with E-state index in [1.165, 1.54) is 89.9 Å². The molecule has 0 saturated carbocycles. The molecule has 0 rings (SSSR count). The van der Waals surface area contributed by atoms with Crippen LogP contribution in [0.2, 0.25) is 0 Å². The molecule has 0 aliphatic carbocycles. The molecular weight excluding hydrogens is 805 g/mol. The Morgan fingerprint density at radius 3 is 1.03 bits per heavy atom. The van der Waals surface area contributed by atoms with Crippen molar-refractivity contribution in [3.8, 4) is 0 Å². The number of carbonyl (C=O) groups excluding carboxylic acids is 3. The molecule has 0 aromatic heterocycles. The van der Waals surface area contributed by atoms with E-state index in [1.54, 1.807) is 0 Å². The second kappa shape index (κ2) is 52.9. The molecule has 1 atom stereocenters. The number of hydrogen-bond donors (Lipinski definition) is 0. The fourth-order valence-corrected chi connectivity index (χ4v) is 7.03. The van der Waals surface area contributed by atoms with Gasteiger partial charge in [-0.1, -0.05) is 201 Å². The van der Waals surface area contributed by atoms with Gasteiger partial charge in [0.1, 0.15) is 13.2 Å². The van der Waals surface area contributed by atoms with Crippen LogP contribution in [0.3, 0.4) is 0 Å². The van der Waals surface area contributed by atoms with Gasteiger partial charge in [0.15, 0.2) is 6.10 Å². The maximum atomic E-state index is 12.8. The third kappa shape index (κ3) is 51.2. The van der Waals surface area contributed by atoms with E-state index in [1.807, 2.05) is 0 Å². The van der Waals surface area contributed by atoms with Crippen LogP contribution in [-0.2, 0) is 28.6 Å². The van der Waals surface area contributed by atoms with Gasteiger partial charge in [-0.15, -0.1) is 0 Å². The molecule has 0 aromatic rings. The molecule has 0 spiro atoms. The molecule has 0 aliphatic heterocycles. The van der Waals surface area contributed by atoms with Crippen molar-refractivity contribution >= 4 is 17.9 Å². The predicted octanol–water partition coefficient (Wildman–Crippen LogP) is 17.8. The lowest BCUT2D eigenvalue weighted by Crippen LogP contribution is -2.30. The van der Waals surface area contributed by atoms with Crippen molar-refractivity contribution in [1.82, 2.24) is 0 Å². The van der Waals surface area contributed by atoms with Gasteiger partial charge in [0.25, 0.3) is 0 Å². The quantitative estimate of drug-likeness (QED) is 0.0262. The molecule has 0 aromatic carbocycles. The molecule has 0 saturated heterocycles. The van der Waals surface area contributed by atoms with Crippen molar-refractivity contribution < 1.29 is 28.6 Å². The normalized spacial score (nSPS) is 12.8. The number of allylic oxidation sites excluding steroid dienone is 16. The zero-order valence-corrected chi connectivity index (χ0v) is 42.2. The van der Waals surface area contributed by atoms with Gasteiger partial charge in [-0.05, 0) is 116 Å². The second-order valence-electron chi connectivity index (χ2n) is 17.4. The Balaban J connectivity index is 4.52. The lowest BCUT2D eigenvalue weighted by molar-refractivity contribution is -0.167. The van der Waals surface area contributed by atoms with Crippen molar-refractivity contribution in [3.63, 3.8) is 0 Å². The van der Waals surface area contributed by atoms with Crippen LogP contribution >= 0.6 is 0 Å². The Morgan fingerprint density at radius 1 is 0.323 bits per heavy atom. The molecule has 65 heavy (non-hydrogen) atoms. The topological polar surface area (TPSA) is 78.9 Å². The summed E-state index contributed by atoms with van der Waals surface area (Å²) in [5.74, 6) is -0.986. The summed E-state index contributed by atoms with van der Waals surface area (Å²) in [6, 6.07) is 0. The molecule has 0 amide bonds. The van der Waals surface area contributed by atoms with Crippen molar-refractivity contribution in [3.05, 3.63) is 97.2 Å². The van der Waals surface area contributed by atoms with Crippen LogP contribution in [0.4, 0.5) is 0 Å². The fourth-order valence-electron chi connectivity index (χ4n) is 7.03. The predicted molar refractivity (Wildman–Crippen MR) is 279 cm³/mol. The highest BCUT2D eigenvalue weighted by Gasteiger charge is 2.19. The molecule has 0 radical (unpaired) electrons. The Hall–Kier alpha value is -3.67. The lowest BCUT2D eigenvalue weighted by atomic mass is 10.1. The van der Waals surface area contributed by atoms with Gasteiger partial charge in [0.05, 0.1) is 0 Å². The molecule has 370 valence electrons. The zero-order chi connectivity index (χ0) is 47.2. The van der Waals surface area contributed by atoms with Crippen molar-refractivity contribution in [1.29, 1.82) is 0 Å². The maximum Gasteiger partial charge on any atom is 0.306 e. The second-order valence-corrected chi connectivity index (χ2v) is 17.4. The monoisotopic (exact) mass is 903 g/mol. The van der Waals surface area contributed by atoms with Gasteiger partial charge in [0.2, 0.25) is 0 Å². The van der Waals surface area contributed by atoms with Crippen LogP contribution in [0, 0.1) is 0 Å². The fraction of sp³-hybridized carbons (Fsp3) is 0.678. The Kier molecular flexibility index (Phi) is 50.0. The Morgan fingerprint density at radius 2 is 0.615 bits per heavy atom. The molecule has 0 fully saturated rings. The minimum atomic E-state index is -0.815. The highest BCUT2D eigenvalue weighted by Crippen LogP contribution is 2.13. The molecule has 0 N–H and O–H groups in total. The average Bonchev–Trinajstić information content (AvgIpc) is 3.30. The van der Waals surface area contributed by atoms with Gasteiger partial charge < -0.3 is 14.2 Å². The first-order valence-electron chi connectivity index (χ1n) is 26.7. The van der Waals surface area contributed by atoms with Crippen molar-refractivity contribution in [2.24, 2.45) is 0 Å². The summed E-state index contributed by atoms with van der Waals surface area (Å²) in [6.45, 7) is 6.42. The van der Waals surface area contributed by atoms with E-state index < -0.39 is 6.10 Å². The molecule has 6 heteroatoms.